The van der Waals surface area contributed by atoms with E-state index in [0.29, 0.717) is 18.1 Å². The Morgan fingerprint density at radius 3 is 3.06 bits per heavy atom. The molecule has 5 nitrogen and oxygen atoms in total. The Labute approximate surface area is 98.4 Å². The SMILES string of the molecule is COCc1nc2cc(CC3CC3)cc(=O)n2[nH]1. The number of ether oxygens (including phenoxy) is 1. The van der Waals surface area contributed by atoms with E-state index in [0.717, 1.165) is 17.9 Å². The van der Waals surface area contributed by atoms with Crippen molar-refractivity contribution >= 4 is 5.65 Å². The number of rotatable bonds is 4. The predicted molar refractivity (Wildman–Crippen MR) is 63.0 cm³/mol. The zero-order chi connectivity index (χ0) is 11.8. The first-order valence-electron chi connectivity index (χ1n) is 5.86. The van der Waals surface area contributed by atoms with Crippen LogP contribution in [0.4, 0.5) is 0 Å². The predicted octanol–water partition coefficient (Wildman–Crippen LogP) is 1.12. The lowest BCUT2D eigenvalue weighted by molar-refractivity contribution is 0.178. The van der Waals surface area contributed by atoms with Crippen LogP contribution in [-0.4, -0.2) is 21.7 Å². The Bertz CT molecular complexity index is 595. The van der Waals surface area contributed by atoms with E-state index in [1.807, 2.05) is 6.07 Å². The summed E-state index contributed by atoms with van der Waals surface area (Å²) in [6.07, 6.45) is 3.57. The third kappa shape index (κ3) is 2.10. The molecule has 1 N–H and O–H groups in total. The van der Waals surface area contributed by atoms with Gasteiger partial charge in [-0.25, -0.2) is 9.50 Å². The van der Waals surface area contributed by atoms with Crippen molar-refractivity contribution in [2.75, 3.05) is 7.11 Å². The molecule has 0 saturated heterocycles. The molecule has 1 aliphatic rings. The van der Waals surface area contributed by atoms with E-state index >= 15 is 0 Å². The monoisotopic (exact) mass is 233 g/mol. The van der Waals surface area contributed by atoms with Crippen LogP contribution in [0.1, 0.15) is 24.2 Å². The second-order valence-electron chi connectivity index (χ2n) is 4.65. The lowest BCUT2D eigenvalue weighted by Crippen LogP contribution is -2.14. The number of pyridine rings is 1. The van der Waals surface area contributed by atoms with E-state index in [4.69, 9.17) is 4.74 Å². The molecule has 0 unspecified atom stereocenters. The summed E-state index contributed by atoms with van der Waals surface area (Å²) in [7, 11) is 1.61. The highest BCUT2D eigenvalue weighted by atomic mass is 16.5. The molecule has 5 heteroatoms. The molecule has 1 fully saturated rings. The summed E-state index contributed by atoms with van der Waals surface area (Å²) < 4.78 is 6.46. The van der Waals surface area contributed by atoms with Crippen molar-refractivity contribution in [3.8, 4) is 0 Å². The van der Waals surface area contributed by atoms with Crippen LogP contribution in [0.25, 0.3) is 5.65 Å². The first-order chi connectivity index (χ1) is 8.26. The average Bonchev–Trinajstić information content (AvgIpc) is 2.98. The van der Waals surface area contributed by atoms with Gasteiger partial charge in [-0.05, 0) is 36.8 Å². The van der Waals surface area contributed by atoms with E-state index < -0.39 is 0 Å². The van der Waals surface area contributed by atoms with Gasteiger partial charge in [0.2, 0.25) is 0 Å². The third-order valence-electron chi connectivity index (χ3n) is 3.07. The van der Waals surface area contributed by atoms with Gasteiger partial charge < -0.3 is 4.74 Å². The molecule has 0 spiro atoms. The Morgan fingerprint density at radius 1 is 1.53 bits per heavy atom. The van der Waals surface area contributed by atoms with E-state index in [2.05, 4.69) is 10.1 Å². The number of nitrogens with zero attached hydrogens (tertiary/aromatic N) is 2. The van der Waals surface area contributed by atoms with Gasteiger partial charge in [-0.15, -0.1) is 0 Å². The number of aromatic amines is 1. The second-order valence-corrected chi connectivity index (χ2v) is 4.65. The van der Waals surface area contributed by atoms with Gasteiger partial charge in [-0.1, -0.05) is 0 Å². The molecule has 17 heavy (non-hydrogen) atoms. The van der Waals surface area contributed by atoms with Gasteiger partial charge >= 0.3 is 0 Å². The lowest BCUT2D eigenvalue weighted by atomic mass is 10.1. The molecule has 0 amide bonds. The normalized spacial score (nSPS) is 15.6. The Hall–Kier alpha value is -1.62. The highest BCUT2D eigenvalue weighted by molar-refractivity contribution is 5.40. The van der Waals surface area contributed by atoms with Gasteiger partial charge in [0.05, 0.1) is 0 Å². The first-order valence-corrected chi connectivity index (χ1v) is 5.86. The fourth-order valence-electron chi connectivity index (χ4n) is 2.07. The van der Waals surface area contributed by atoms with Gasteiger partial charge in [0.15, 0.2) is 5.65 Å². The summed E-state index contributed by atoms with van der Waals surface area (Å²) in [4.78, 5) is 16.2. The Balaban J connectivity index is 2.01. The van der Waals surface area contributed by atoms with Crippen molar-refractivity contribution < 1.29 is 4.74 Å². The molecule has 0 bridgehead atoms. The summed E-state index contributed by atoms with van der Waals surface area (Å²) in [6.45, 7) is 0.388. The maximum absolute atomic E-state index is 11.9. The zero-order valence-corrected chi connectivity index (χ0v) is 9.77. The standard InChI is InChI=1S/C12H15N3O2/c1-17-7-10-13-11-5-9(4-8-2-3-8)6-12(16)15(11)14-10/h5-6,8H,2-4,7H2,1H3,(H,13,14). The van der Waals surface area contributed by atoms with Crippen LogP contribution in [0.3, 0.4) is 0 Å². The molecule has 2 aromatic rings. The second kappa shape index (κ2) is 4.00. The summed E-state index contributed by atoms with van der Waals surface area (Å²) >= 11 is 0. The highest BCUT2D eigenvalue weighted by Gasteiger charge is 2.22. The van der Waals surface area contributed by atoms with Crippen LogP contribution in [0.15, 0.2) is 16.9 Å². The van der Waals surface area contributed by atoms with Gasteiger partial charge in [0.25, 0.3) is 5.56 Å². The smallest absolute Gasteiger partial charge is 0.271 e. The number of H-pyrrole nitrogens is 1. The molecular formula is C12H15N3O2. The third-order valence-corrected chi connectivity index (χ3v) is 3.07. The van der Waals surface area contributed by atoms with E-state index in [1.54, 1.807) is 13.2 Å². The summed E-state index contributed by atoms with van der Waals surface area (Å²) in [5, 5.41) is 2.93. The molecule has 3 rings (SSSR count). The number of aromatic nitrogens is 3. The molecule has 1 saturated carbocycles. The molecule has 0 radical (unpaired) electrons. The molecular weight excluding hydrogens is 218 g/mol. The number of hydrogen-bond acceptors (Lipinski definition) is 3. The van der Waals surface area contributed by atoms with E-state index in [-0.39, 0.29) is 5.56 Å². The summed E-state index contributed by atoms with van der Waals surface area (Å²) in [5.74, 6) is 1.45. The van der Waals surface area contributed by atoms with Gasteiger partial charge in [0.1, 0.15) is 12.4 Å². The average molecular weight is 233 g/mol. The summed E-state index contributed by atoms with van der Waals surface area (Å²) in [6, 6.07) is 3.68. The molecule has 2 heterocycles. The molecule has 1 aliphatic carbocycles. The summed E-state index contributed by atoms with van der Waals surface area (Å²) in [5.41, 5.74) is 1.72. The minimum atomic E-state index is -0.0481. The van der Waals surface area contributed by atoms with Crippen LogP contribution in [0.2, 0.25) is 0 Å². The highest BCUT2D eigenvalue weighted by Crippen LogP contribution is 2.32. The van der Waals surface area contributed by atoms with Crippen molar-refractivity contribution in [1.29, 1.82) is 0 Å². The Morgan fingerprint density at radius 2 is 2.35 bits per heavy atom. The van der Waals surface area contributed by atoms with Crippen molar-refractivity contribution in [3.05, 3.63) is 33.9 Å². The maximum Gasteiger partial charge on any atom is 0.271 e. The molecule has 2 aromatic heterocycles. The van der Waals surface area contributed by atoms with Crippen LogP contribution in [-0.2, 0) is 17.8 Å². The van der Waals surface area contributed by atoms with Crippen molar-refractivity contribution in [2.45, 2.75) is 25.9 Å². The number of hydrogen-bond donors (Lipinski definition) is 1. The largest absolute Gasteiger partial charge is 0.377 e. The first kappa shape index (κ1) is 10.5. The minimum absolute atomic E-state index is 0.0481. The van der Waals surface area contributed by atoms with Gasteiger partial charge in [-0.2, -0.15) is 0 Å². The van der Waals surface area contributed by atoms with Gasteiger partial charge in [-0.3, -0.25) is 9.89 Å². The zero-order valence-electron chi connectivity index (χ0n) is 9.77. The van der Waals surface area contributed by atoms with Crippen LogP contribution < -0.4 is 5.56 Å². The lowest BCUT2D eigenvalue weighted by Gasteiger charge is -1.98. The Kier molecular flexibility index (Phi) is 2.48. The number of nitrogens with one attached hydrogen (secondary N) is 1. The fraction of sp³-hybridized carbons (Fsp3) is 0.500. The van der Waals surface area contributed by atoms with Crippen LogP contribution >= 0.6 is 0 Å². The molecule has 0 atom stereocenters. The number of fused-ring (bicyclic) bond motifs is 1. The molecule has 0 aliphatic heterocycles. The quantitative estimate of drug-likeness (QED) is 0.861. The topological polar surface area (TPSA) is 59.4 Å². The van der Waals surface area contributed by atoms with E-state index in [1.165, 1.54) is 17.4 Å². The van der Waals surface area contributed by atoms with Crippen molar-refractivity contribution in [1.82, 2.24) is 14.6 Å². The molecule has 0 aromatic carbocycles. The van der Waals surface area contributed by atoms with E-state index in [9.17, 15) is 4.79 Å². The van der Waals surface area contributed by atoms with Crippen LogP contribution in [0, 0.1) is 5.92 Å². The fourth-order valence-corrected chi connectivity index (χ4v) is 2.07. The van der Waals surface area contributed by atoms with Crippen molar-refractivity contribution in [3.63, 3.8) is 0 Å². The maximum atomic E-state index is 11.9. The van der Waals surface area contributed by atoms with Crippen molar-refractivity contribution in [2.24, 2.45) is 5.92 Å². The minimum Gasteiger partial charge on any atom is -0.377 e. The number of methoxy groups -OCH3 is 1. The molecule has 90 valence electrons. The van der Waals surface area contributed by atoms with Gasteiger partial charge in [0, 0.05) is 13.2 Å². The van der Waals surface area contributed by atoms with Crippen LogP contribution in [0.5, 0.6) is 0 Å².